The molecule has 0 radical (unpaired) electrons. The lowest BCUT2D eigenvalue weighted by Crippen LogP contribution is -2.31. The summed E-state index contributed by atoms with van der Waals surface area (Å²) in [5.41, 5.74) is 2.90. The SMILES string of the molecule is CCCCc1ccc(C(C)NC(CCC)CCCC)cc1. The second kappa shape index (κ2) is 10.8. The maximum Gasteiger partial charge on any atom is 0.0294 e. The highest BCUT2D eigenvalue weighted by Crippen LogP contribution is 2.18. The first-order chi connectivity index (χ1) is 10.2. The van der Waals surface area contributed by atoms with Gasteiger partial charge in [0.2, 0.25) is 0 Å². The molecule has 1 heteroatoms. The molecular weight excluding hydrogens is 254 g/mol. The molecule has 21 heavy (non-hydrogen) atoms. The van der Waals surface area contributed by atoms with Crippen molar-refractivity contribution in [3.05, 3.63) is 35.4 Å². The third-order valence-electron chi connectivity index (χ3n) is 4.33. The summed E-state index contributed by atoms with van der Waals surface area (Å²) in [5.74, 6) is 0. The fraction of sp³-hybridized carbons (Fsp3) is 0.700. The van der Waals surface area contributed by atoms with Gasteiger partial charge in [-0.3, -0.25) is 0 Å². The number of benzene rings is 1. The zero-order chi connectivity index (χ0) is 15.5. The highest BCUT2D eigenvalue weighted by Gasteiger charge is 2.12. The van der Waals surface area contributed by atoms with Crippen molar-refractivity contribution in [1.82, 2.24) is 5.32 Å². The van der Waals surface area contributed by atoms with Crippen molar-refractivity contribution < 1.29 is 0 Å². The summed E-state index contributed by atoms with van der Waals surface area (Å²) in [6, 6.07) is 10.4. The summed E-state index contributed by atoms with van der Waals surface area (Å²) < 4.78 is 0. The van der Waals surface area contributed by atoms with E-state index in [-0.39, 0.29) is 0 Å². The number of rotatable bonds is 11. The van der Waals surface area contributed by atoms with Gasteiger partial charge in [0, 0.05) is 12.1 Å². The molecule has 2 unspecified atom stereocenters. The average Bonchev–Trinajstić information content (AvgIpc) is 2.51. The highest BCUT2D eigenvalue weighted by atomic mass is 14.9. The van der Waals surface area contributed by atoms with Gasteiger partial charge in [-0.05, 0) is 43.7 Å². The largest absolute Gasteiger partial charge is 0.307 e. The second-order valence-electron chi connectivity index (χ2n) is 6.36. The first-order valence-electron chi connectivity index (χ1n) is 9.06. The van der Waals surface area contributed by atoms with Gasteiger partial charge in [0.15, 0.2) is 0 Å². The van der Waals surface area contributed by atoms with Crippen molar-refractivity contribution in [3.8, 4) is 0 Å². The minimum absolute atomic E-state index is 0.457. The predicted octanol–water partition coefficient (Wildman–Crippen LogP) is 6.04. The van der Waals surface area contributed by atoms with E-state index in [2.05, 4.69) is 57.3 Å². The Morgan fingerprint density at radius 2 is 1.52 bits per heavy atom. The van der Waals surface area contributed by atoms with Crippen LogP contribution < -0.4 is 5.32 Å². The summed E-state index contributed by atoms with van der Waals surface area (Å²) in [6.45, 7) is 9.12. The third-order valence-corrected chi connectivity index (χ3v) is 4.33. The molecular formula is C20H35N. The molecule has 0 amide bonds. The molecule has 0 fully saturated rings. The molecule has 0 aromatic heterocycles. The smallest absolute Gasteiger partial charge is 0.0294 e. The summed E-state index contributed by atoms with van der Waals surface area (Å²) in [5, 5.41) is 3.83. The summed E-state index contributed by atoms with van der Waals surface area (Å²) in [6.07, 6.45) is 10.3. The first-order valence-corrected chi connectivity index (χ1v) is 9.06. The maximum absolute atomic E-state index is 3.83. The summed E-state index contributed by atoms with van der Waals surface area (Å²) in [4.78, 5) is 0. The monoisotopic (exact) mass is 289 g/mol. The van der Waals surface area contributed by atoms with Crippen molar-refractivity contribution in [1.29, 1.82) is 0 Å². The van der Waals surface area contributed by atoms with Gasteiger partial charge in [-0.25, -0.2) is 0 Å². The fourth-order valence-corrected chi connectivity index (χ4v) is 2.91. The molecule has 0 bridgehead atoms. The molecule has 1 N–H and O–H groups in total. The van der Waals surface area contributed by atoms with Crippen LogP contribution in [0.2, 0.25) is 0 Å². The van der Waals surface area contributed by atoms with E-state index in [1.54, 1.807) is 0 Å². The lowest BCUT2D eigenvalue weighted by atomic mass is 10.00. The van der Waals surface area contributed by atoms with E-state index < -0.39 is 0 Å². The van der Waals surface area contributed by atoms with Crippen LogP contribution in [-0.2, 0) is 6.42 Å². The lowest BCUT2D eigenvalue weighted by Gasteiger charge is -2.23. The van der Waals surface area contributed by atoms with E-state index in [1.807, 2.05) is 0 Å². The van der Waals surface area contributed by atoms with Gasteiger partial charge in [-0.2, -0.15) is 0 Å². The van der Waals surface area contributed by atoms with Crippen molar-refractivity contribution in [3.63, 3.8) is 0 Å². The number of aryl methyl sites for hydroxylation is 1. The molecule has 0 heterocycles. The van der Waals surface area contributed by atoms with Crippen LogP contribution in [0.15, 0.2) is 24.3 Å². The van der Waals surface area contributed by atoms with Gasteiger partial charge in [-0.15, -0.1) is 0 Å². The third kappa shape index (κ3) is 7.13. The Morgan fingerprint density at radius 3 is 2.10 bits per heavy atom. The Kier molecular flexibility index (Phi) is 9.41. The van der Waals surface area contributed by atoms with Crippen LogP contribution in [-0.4, -0.2) is 6.04 Å². The molecule has 0 aliphatic heterocycles. The number of unbranched alkanes of at least 4 members (excludes halogenated alkanes) is 2. The van der Waals surface area contributed by atoms with Gasteiger partial charge in [-0.1, -0.05) is 70.7 Å². The second-order valence-corrected chi connectivity index (χ2v) is 6.36. The minimum Gasteiger partial charge on any atom is -0.307 e. The van der Waals surface area contributed by atoms with Crippen LogP contribution in [0.3, 0.4) is 0 Å². The first kappa shape index (κ1) is 18.2. The van der Waals surface area contributed by atoms with Crippen LogP contribution in [0.5, 0.6) is 0 Å². The van der Waals surface area contributed by atoms with E-state index in [4.69, 9.17) is 0 Å². The number of hydrogen-bond acceptors (Lipinski definition) is 1. The van der Waals surface area contributed by atoms with Crippen LogP contribution in [0.1, 0.15) is 89.8 Å². The highest BCUT2D eigenvalue weighted by molar-refractivity contribution is 5.24. The fourth-order valence-electron chi connectivity index (χ4n) is 2.91. The van der Waals surface area contributed by atoms with Crippen LogP contribution >= 0.6 is 0 Å². The van der Waals surface area contributed by atoms with Crippen molar-refractivity contribution in [2.75, 3.05) is 0 Å². The Bertz CT molecular complexity index is 355. The quantitative estimate of drug-likeness (QED) is 0.523. The van der Waals surface area contributed by atoms with Crippen LogP contribution in [0, 0.1) is 0 Å². The van der Waals surface area contributed by atoms with Crippen molar-refractivity contribution >= 4 is 0 Å². The summed E-state index contributed by atoms with van der Waals surface area (Å²) >= 11 is 0. The molecule has 1 nitrogen and oxygen atoms in total. The molecule has 1 aromatic carbocycles. The Balaban J connectivity index is 2.53. The Labute approximate surface area is 132 Å². The van der Waals surface area contributed by atoms with Crippen molar-refractivity contribution in [2.24, 2.45) is 0 Å². The van der Waals surface area contributed by atoms with Crippen molar-refractivity contribution in [2.45, 2.75) is 91.1 Å². The number of nitrogens with one attached hydrogen (secondary N) is 1. The van der Waals surface area contributed by atoms with Gasteiger partial charge in [0.25, 0.3) is 0 Å². The molecule has 0 saturated carbocycles. The van der Waals surface area contributed by atoms with E-state index in [0.717, 1.165) is 0 Å². The normalized spacial score (nSPS) is 14.1. The van der Waals surface area contributed by atoms with Gasteiger partial charge in [0.1, 0.15) is 0 Å². The minimum atomic E-state index is 0.457. The molecule has 0 aliphatic carbocycles. The lowest BCUT2D eigenvalue weighted by molar-refractivity contribution is 0.396. The molecule has 1 rings (SSSR count). The van der Waals surface area contributed by atoms with Gasteiger partial charge >= 0.3 is 0 Å². The standard InChI is InChI=1S/C20H35N/c1-5-8-11-18-13-15-19(16-14-18)17(4)21-20(10-7-3)12-9-6-2/h13-17,20-21H,5-12H2,1-4H3. The zero-order valence-corrected chi connectivity index (χ0v) is 14.6. The Hall–Kier alpha value is -0.820. The van der Waals surface area contributed by atoms with Gasteiger partial charge < -0.3 is 5.32 Å². The number of hydrogen-bond donors (Lipinski definition) is 1. The maximum atomic E-state index is 3.83. The van der Waals surface area contributed by atoms with E-state index in [9.17, 15) is 0 Å². The van der Waals surface area contributed by atoms with E-state index in [0.29, 0.717) is 12.1 Å². The molecule has 2 atom stereocenters. The molecule has 0 aliphatic rings. The van der Waals surface area contributed by atoms with Gasteiger partial charge in [0.05, 0.1) is 0 Å². The molecule has 1 aromatic rings. The topological polar surface area (TPSA) is 12.0 Å². The molecule has 0 saturated heterocycles. The van der Waals surface area contributed by atoms with E-state index in [1.165, 1.54) is 62.5 Å². The summed E-state index contributed by atoms with van der Waals surface area (Å²) in [7, 11) is 0. The van der Waals surface area contributed by atoms with E-state index >= 15 is 0 Å². The average molecular weight is 290 g/mol. The molecule has 0 spiro atoms. The molecule has 120 valence electrons. The van der Waals surface area contributed by atoms with Crippen LogP contribution in [0.4, 0.5) is 0 Å². The zero-order valence-electron chi connectivity index (χ0n) is 14.6. The predicted molar refractivity (Wildman–Crippen MR) is 94.8 cm³/mol. The van der Waals surface area contributed by atoms with Crippen LogP contribution in [0.25, 0.3) is 0 Å². The Morgan fingerprint density at radius 1 is 0.857 bits per heavy atom.